The molecule has 0 saturated heterocycles. The Hall–Kier alpha value is -0.300. The van der Waals surface area contributed by atoms with E-state index in [9.17, 15) is 0 Å². The highest BCUT2D eigenvalue weighted by Gasteiger charge is 2.02. The third kappa shape index (κ3) is 9.99. The van der Waals surface area contributed by atoms with E-state index in [4.69, 9.17) is 0 Å². The number of hydrogen-bond donors (Lipinski definition) is 0. The summed E-state index contributed by atoms with van der Waals surface area (Å²) in [6.07, 6.45) is 11.3. The first kappa shape index (κ1) is 14.7. The van der Waals surface area contributed by atoms with Gasteiger partial charge in [0.25, 0.3) is 0 Å². The molecule has 0 saturated carbocycles. The quantitative estimate of drug-likeness (QED) is 0.365. The second-order valence-corrected chi connectivity index (χ2v) is 4.33. The van der Waals surface area contributed by atoms with Gasteiger partial charge in [-0.25, -0.2) is 0 Å². The lowest BCUT2D eigenvalue weighted by Crippen LogP contribution is -2.27. The Kier molecular flexibility index (Phi) is 11.5. The van der Waals surface area contributed by atoms with Crippen LogP contribution >= 0.6 is 0 Å². The van der Waals surface area contributed by atoms with Crippen molar-refractivity contribution in [1.82, 2.24) is 4.90 Å². The highest BCUT2D eigenvalue weighted by molar-refractivity contribution is 4.70. The minimum Gasteiger partial charge on any atom is -0.303 e. The van der Waals surface area contributed by atoms with E-state index in [1.807, 2.05) is 6.08 Å². The third-order valence-corrected chi connectivity index (χ3v) is 2.81. The van der Waals surface area contributed by atoms with E-state index >= 15 is 0 Å². The highest BCUT2D eigenvalue weighted by Crippen LogP contribution is 2.03. The topological polar surface area (TPSA) is 3.24 Å². The molecule has 0 aliphatic heterocycles. The first-order chi connectivity index (χ1) is 7.35. The van der Waals surface area contributed by atoms with E-state index < -0.39 is 0 Å². The smallest absolute Gasteiger partial charge is 0.00158 e. The average Bonchev–Trinajstić information content (AvgIpc) is 2.25. The van der Waals surface area contributed by atoms with Crippen molar-refractivity contribution in [2.45, 2.75) is 58.8 Å². The van der Waals surface area contributed by atoms with E-state index in [2.05, 4.69) is 25.3 Å². The van der Waals surface area contributed by atoms with Crippen LogP contribution < -0.4 is 0 Å². The van der Waals surface area contributed by atoms with Gasteiger partial charge in [-0.2, -0.15) is 0 Å². The average molecular weight is 211 g/mol. The first-order valence-electron chi connectivity index (χ1n) is 6.68. The van der Waals surface area contributed by atoms with Crippen LogP contribution in [0.15, 0.2) is 12.7 Å². The van der Waals surface area contributed by atoms with E-state index in [0.717, 1.165) is 6.42 Å². The van der Waals surface area contributed by atoms with E-state index in [-0.39, 0.29) is 0 Å². The van der Waals surface area contributed by atoms with Crippen molar-refractivity contribution in [2.75, 3.05) is 19.6 Å². The van der Waals surface area contributed by atoms with Crippen LogP contribution in [0, 0.1) is 0 Å². The maximum atomic E-state index is 3.80. The molecule has 0 spiro atoms. The molecular formula is C14H29N. The summed E-state index contributed by atoms with van der Waals surface area (Å²) in [6.45, 7) is 12.1. The Morgan fingerprint density at radius 3 is 1.80 bits per heavy atom. The summed E-state index contributed by atoms with van der Waals surface area (Å²) in [5.41, 5.74) is 0. The summed E-state index contributed by atoms with van der Waals surface area (Å²) in [7, 11) is 0. The van der Waals surface area contributed by atoms with Gasteiger partial charge in [-0.15, -0.1) is 6.58 Å². The van der Waals surface area contributed by atoms with Crippen molar-refractivity contribution in [3.8, 4) is 0 Å². The highest BCUT2D eigenvalue weighted by atomic mass is 15.1. The van der Waals surface area contributed by atoms with Crippen LogP contribution in [0.2, 0.25) is 0 Å². The van der Waals surface area contributed by atoms with Crippen molar-refractivity contribution >= 4 is 0 Å². The SMILES string of the molecule is C=CCCN(CCCCC)CCCCC. The largest absolute Gasteiger partial charge is 0.303 e. The fraction of sp³-hybridized carbons (Fsp3) is 0.857. The van der Waals surface area contributed by atoms with Gasteiger partial charge in [-0.05, 0) is 32.4 Å². The lowest BCUT2D eigenvalue weighted by molar-refractivity contribution is 0.266. The van der Waals surface area contributed by atoms with Crippen molar-refractivity contribution in [2.24, 2.45) is 0 Å². The third-order valence-electron chi connectivity index (χ3n) is 2.81. The Morgan fingerprint density at radius 1 is 0.867 bits per heavy atom. The maximum Gasteiger partial charge on any atom is 0.00158 e. The zero-order valence-electron chi connectivity index (χ0n) is 10.8. The molecule has 0 heterocycles. The zero-order valence-corrected chi connectivity index (χ0v) is 10.8. The van der Waals surface area contributed by atoms with Crippen molar-refractivity contribution in [3.63, 3.8) is 0 Å². The Morgan fingerprint density at radius 2 is 1.40 bits per heavy atom. The second kappa shape index (κ2) is 11.8. The molecule has 0 unspecified atom stereocenters. The normalized spacial score (nSPS) is 10.9. The van der Waals surface area contributed by atoms with Gasteiger partial charge in [0.05, 0.1) is 0 Å². The molecule has 0 rings (SSSR count). The van der Waals surface area contributed by atoms with Crippen molar-refractivity contribution in [1.29, 1.82) is 0 Å². The fourth-order valence-corrected chi connectivity index (χ4v) is 1.78. The van der Waals surface area contributed by atoms with E-state index in [1.165, 1.54) is 58.2 Å². The maximum absolute atomic E-state index is 3.80. The molecule has 0 aliphatic carbocycles. The molecule has 0 bridgehead atoms. The minimum atomic E-state index is 1.14. The Bertz CT molecular complexity index is 121. The number of unbranched alkanes of at least 4 members (excludes halogenated alkanes) is 4. The predicted molar refractivity (Wildman–Crippen MR) is 70.3 cm³/mol. The Labute approximate surface area is 96.6 Å². The summed E-state index contributed by atoms with van der Waals surface area (Å²) in [5, 5.41) is 0. The second-order valence-electron chi connectivity index (χ2n) is 4.33. The van der Waals surface area contributed by atoms with E-state index in [0.29, 0.717) is 0 Å². The zero-order chi connectivity index (χ0) is 11.4. The molecular weight excluding hydrogens is 182 g/mol. The molecule has 0 atom stereocenters. The van der Waals surface area contributed by atoms with Crippen LogP contribution in [0.5, 0.6) is 0 Å². The number of nitrogens with zero attached hydrogens (tertiary/aromatic N) is 1. The lowest BCUT2D eigenvalue weighted by atomic mass is 10.2. The summed E-state index contributed by atoms with van der Waals surface area (Å²) >= 11 is 0. The van der Waals surface area contributed by atoms with Crippen molar-refractivity contribution < 1.29 is 0 Å². The molecule has 0 aromatic rings. The van der Waals surface area contributed by atoms with Gasteiger partial charge in [0, 0.05) is 6.54 Å². The Balaban J connectivity index is 3.57. The van der Waals surface area contributed by atoms with Gasteiger partial charge in [-0.1, -0.05) is 45.6 Å². The van der Waals surface area contributed by atoms with Gasteiger partial charge in [-0.3, -0.25) is 0 Å². The minimum absolute atomic E-state index is 1.14. The van der Waals surface area contributed by atoms with Crippen LogP contribution in [-0.2, 0) is 0 Å². The van der Waals surface area contributed by atoms with Crippen molar-refractivity contribution in [3.05, 3.63) is 12.7 Å². The molecule has 1 heteroatoms. The summed E-state index contributed by atoms with van der Waals surface area (Å²) in [5.74, 6) is 0. The van der Waals surface area contributed by atoms with Crippen LogP contribution in [0.3, 0.4) is 0 Å². The van der Waals surface area contributed by atoms with Crippen LogP contribution in [-0.4, -0.2) is 24.5 Å². The van der Waals surface area contributed by atoms with Crippen LogP contribution in [0.25, 0.3) is 0 Å². The molecule has 0 fully saturated rings. The standard InChI is InChI=1S/C14H29N/c1-4-7-10-13-15(12-9-6-3)14-11-8-5-2/h6H,3-5,7-14H2,1-2H3. The van der Waals surface area contributed by atoms with E-state index in [1.54, 1.807) is 0 Å². The van der Waals surface area contributed by atoms with Gasteiger partial charge >= 0.3 is 0 Å². The van der Waals surface area contributed by atoms with Gasteiger partial charge in [0.15, 0.2) is 0 Å². The molecule has 90 valence electrons. The summed E-state index contributed by atoms with van der Waals surface area (Å²) in [4.78, 5) is 2.60. The molecule has 0 aromatic carbocycles. The molecule has 0 amide bonds. The van der Waals surface area contributed by atoms with Gasteiger partial charge < -0.3 is 4.90 Å². The molecule has 15 heavy (non-hydrogen) atoms. The van der Waals surface area contributed by atoms with Crippen LogP contribution in [0.4, 0.5) is 0 Å². The van der Waals surface area contributed by atoms with Gasteiger partial charge in [0.1, 0.15) is 0 Å². The predicted octanol–water partition coefficient (Wildman–Crippen LogP) is 4.24. The molecule has 0 radical (unpaired) electrons. The first-order valence-corrected chi connectivity index (χ1v) is 6.68. The van der Waals surface area contributed by atoms with Crippen LogP contribution in [0.1, 0.15) is 58.8 Å². The molecule has 0 aliphatic rings. The van der Waals surface area contributed by atoms with Gasteiger partial charge in [0.2, 0.25) is 0 Å². The lowest BCUT2D eigenvalue weighted by Gasteiger charge is -2.21. The number of rotatable bonds is 11. The summed E-state index contributed by atoms with van der Waals surface area (Å²) < 4.78 is 0. The molecule has 0 N–H and O–H groups in total. The summed E-state index contributed by atoms with van der Waals surface area (Å²) in [6, 6.07) is 0. The molecule has 1 nitrogen and oxygen atoms in total. The number of hydrogen-bond acceptors (Lipinski definition) is 1. The molecule has 0 aromatic heterocycles. The monoisotopic (exact) mass is 211 g/mol. The fourth-order valence-electron chi connectivity index (χ4n) is 1.78.